The molecule has 1 rings (SSSR count). The first-order valence-corrected chi connectivity index (χ1v) is 7.72. The molecule has 0 unspecified atom stereocenters. The molecule has 0 atom stereocenters. The van der Waals surface area contributed by atoms with Crippen LogP contribution in [0, 0.1) is 0 Å². The van der Waals surface area contributed by atoms with E-state index in [0.717, 1.165) is 12.8 Å². The van der Waals surface area contributed by atoms with E-state index in [4.69, 9.17) is 4.74 Å². The van der Waals surface area contributed by atoms with Gasteiger partial charge < -0.3 is 10.1 Å². The molecule has 0 fully saturated rings. The molecular formula is C13H19N3O3S. The molecule has 6 nitrogen and oxygen atoms in total. The highest BCUT2D eigenvalue weighted by Gasteiger charge is 2.21. The van der Waals surface area contributed by atoms with Crippen LogP contribution in [0.3, 0.4) is 0 Å². The quantitative estimate of drug-likeness (QED) is 0.259. The van der Waals surface area contributed by atoms with Crippen molar-refractivity contribution in [2.24, 2.45) is 0 Å². The molecule has 0 aliphatic rings. The molecule has 0 aliphatic heterocycles. The smallest absolute Gasteiger partial charge is 0.344 e. The Morgan fingerprint density at radius 3 is 2.70 bits per heavy atom. The summed E-state index contributed by atoms with van der Waals surface area (Å²) in [6, 6.07) is 0. The van der Waals surface area contributed by atoms with Crippen LogP contribution in [0.2, 0.25) is 0 Å². The van der Waals surface area contributed by atoms with Crippen molar-refractivity contribution in [1.82, 2.24) is 9.97 Å². The number of carbonyl (C=O) groups is 2. The third-order valence-electron chi connectivity index (χ3n) is 2.51. The van der Waals surface area contributed by atoms with Crippen molar-refractivity contribution in [2.75, 3.05) is 24.7 Å². The maximum Gasteiger partial charge on any atom is 0.344 e. The molecule has 0 radical (unpaired) electrons. The van der Waals surface area contributed by atoms with E-state index in [1.807, 2.05) is 6.26 Å². The third kappa shape index (κ3) is 4.19. The predicted molar refractivity (Wildman–Crippen MR) is 78.6 cm³/mol. The summed E-state index contributed by atoms with van der Waals surface area (Å²) in [5.41, 5.74) is 0.164. The second kappa shape index (κ2) is 8.52. The Kier molecular flexibility index (Phi) is 7.00. The van der Waals surface area contributed by atoms with Crippen molar-refractivity contribution in [1.29, 1.82) is 0 Å². The molecule has 0 bridgehead atoms. The number of carbonyl (C=O) groups excluding carboxylic acids is 2. The van der Waals surface area contributed by atoms with Crippen LogP contribution >= 0.6 is 11.8 Å². The SMILES string of the molecule is CCCCNc1nc(SC)nc(C=O)c1C(=O)OCC. The van der Waals surface area contributed by atoms with Gasteiger partial charge in [0.05, 0.1) is 6.61 Å². The van der Waals surface area contributed by atoms with Crippen LogP contribution in [-0.4, -0.2) is 41.6 Å². The van der Waals surface area contributed by atoms with Gasteiger partial charge >= 0.3 is 5.97 Å². The van der Waals surface area contributed by atoms with Crippen LogP contribution in [0.5, 0.6) is 0 Å². The average Bonchev–Trinajstić information content (AvgIpc) is 2.46. The number of nitrogens with zero attached hydrogens (tertiary/aromatic N) is 2. The zero-order chi connectivity index (χ0) is 15.0. The predicted octanol–water partition coefficient (Wildman–Crippen LogP) is 2.40. The summed E-state index contributed by atoms with van der Waals surface area (Å²) in [7, 11) is 0. The number of unbranched alkanes of at least 4 members (excludes halogenated alkanes) is 1. The van der Waals surface area contributed by atoms with E-state index in [9.17, 15) is 9.59 Å². The summed E-state index contributed by atoms with van der Waals surface area (Å²) < 4.78 is 4.97. The molecule has 0 saturated heterocycles. The maximum absolute atomic E-state index is 12.0. The lowest BCUT2D eigenvalue weighted by Gasteiger charge is -2.12. The van der Waals surface area contributed by atoms with Crippen LogP contribution in [0.25, 0.3) is 0 Å². The number of esters is 1. The van der Waals surface area contributed by atoms with Gasteiger partial charge in [-0.2, -0.15) is 0 Å². The third-order valence-corrected chi connectivity index (χ3v) is 3.06. The molecule has 0 spiro atoms. The maximum atomic E-state index is 12.0. The van der Waals surface area contributed by atoms with E-state index >= 15 is 0 Å². The molecule has 1 N–H and O–H groups in total. The number of thioether (sulfide) groups is 1. The first kappa shape index (κ1) is 16.4. The summed E-state index contributed by atoms with van der Waals surface area (Å²) in [5.74, 6) is -0.223. The van der Waals surface area contributed by atoms with Crippen molar-refractivity contribution in [3.8, 4) is 0 Å². The molecular weight excluding hydrogens is 278 g/mol. The summed E-state index contributed by atoms with van der Waals surface area (Å²) in [5, 5.41) is 3.52. The van der Waals surface area contributed by atoms with Gasteiger partial charge in [-0.05, 0) is 19.6 Å². The number of aldehydes is 1. The first-order chi connectivity index (χ1) is 9.67. The van der Waals surface area contributed by atoms with Crippen LogP contribution < -0.4 is 5.32 Å². The number of anilines is 1. The summed E-state index contributed by atoms with van der Waals surface area (Å²) >= 11 is 1.31. The Morgan fingerprint density at radius 1 is 1.40 bits per heavy atom. The molecule has 7 heteroatoms. The summed E-state index contributed by atoms with van der Waals surface area (Å²) in [4.78, 5) is 31.4. The molecule has 0 amide bonds. The van der Waals surface area contributed by atoms with Gasteiger partial charge in [0.15, 0.2) is 11.4 Å². The standard InChI is InChI=1S/C13H19N3O3S/c1-4-6-7-14-11-10(12(18)19-5-2)9(8-17)15-13(16-11)20-3/h8H,4-7H2,1-3H3,(H,14,15,16). The minimum Gasteiger partial charge on any atom is -0.462 e. The second-order valence-corrected chi connectivity index (χ2v) is 4.71. The van der Waals surface area contributed by atoms with E-state index < -0.39 is 5.97 Å². The molecule has 1 aromatic heterocycles. The van der Waals surface area contributed by atoms with Crippen molar-refractivity contribution in [2.45, 2.75) is 31.8 Å². The van der Waals surface area contributed by atoms with E-state index in [2.05, 4.69) is 22.2 Å². The number of hydrogen-bond acceptors (Lipinski definition) is 7. The lowest BCUT2D eigenvalue weighted by Crippen LogP contribution is -2.16. The number of ether oxygens (including phenoxy) is 1. The van der Waals surface area contributed by atoms with Gasteiger partial charge in [-0.3, -0.25) is 4.79 Å². The lowest BCUT2D eigenvalue weighted by molar-refractivity contribution is 0.0524. The molecule has 0 aromatic carbocycles. The first-order valence-electron chi connectivity index (χ1n) is 6.50. The minimum absolute atomic E-state index is 0.0572. The fourth-order valence-corrected chi connectivity index (χ4v) is 1.92. The molecule has 1 aromatic rings. The van der Waals surface area contributed by atoms with Crippen LogP contribution in [-0.2, 0) is 4.74 Å². The fraction of sp³-hybridized carbons (Fsp3) is 0.538. The zero-order valence-corrected chi connectivity index (χ0v) is 12.7. The number of nitrogens with one attached hydrogen (secondary N) is 1. The van der Waals surface area contributed by atoms with Gasteiger partial charge in [-0.1, -0.05) is 25.1 Å². The topological polar surface area (TPSA) is 81.2 Å². The highest BCUT2D eigenvalue weighted by Crippen LogP contribution is 2.21. The van der Waals surface area contributed by atoms with Gasteiger partial charge in [0.25, 0.3) is 0 Å². The number of hydrogen-bond donors (Lipinski definition) is 1. The molecule has 20 heavy (non-hydrogen) atoms. The summed E-state index contributed by atoms with van der Waals surface area (Å²) in [6.45, 7) is 4.68. The Hall–Kier alpha value is -1.63. The van der Waals surface area contributed by atoms with Crippen LogP contribution in [0.1, 0.15) is 47.5 Å². The van der Waals surface area contributed by atoms with E-state index in [-0.39, 0.29) is 17.9 Å². The Balaban J connectivity index is 3.19. The second-order valence-electron chi connectivity index (χ2n) is 3.94. The van der Waals surface area contributed by atoms with Crippen molar-refractivity contribution in [3.63, 3.8) is 0 Å². The van der Waals surface area contributed by atoms with E-state index in [0.29, 0.717) is 23.8 Å². The van der Waals surface area contributed by atoms with Crippen LogP contribution in [0.15, 0.2) is 5.16 Å². The normalized spacial score (nSPS) is 10.2. The lowest BCUT2D eigenvalue weighted by atomic mass is 10.2. The van der Waals surface area contributed by atoms with Crippen LogP contribution in [0.4, 0.5) is 5.82 Å². The highest BCUT2D eigenvalue weighted by atomic mass is 32.2. The molecule has 110 valence electrons. The van der Waals surface area contributed by atoms with Crippen molar-refractivity contribution in [3.05, 3.63) is 11.3 Å². The van der Waals surface area contributed by atoms with Gasteiger partial charge in [0, 0.05) is 6.54 Å². The fourth-order valence-electron chi connectivity index (χ4n) is 1.55. The van der Waals surface area contributed by atoms with Crippen molar-refractivity contribution < 1.29 is 14.3 Å². The molecule has 0 aliphatic carbocycles. The Labute approximate surface area is 122 Å². The zero-order valence-electron chi connectivity index (χ0n) is 11.9. The van der Waals surface area contributed by atoms with E-state index in [1.54, 1.807) is 6.92 Å². The number of aromatic nitrogens is 2. The minimum atomic E-state index is -0.582. The molecule has 1 heterocycles. The largest absolute Gasteiger partial charge is 0.462 e. The summed E-state index contributed by atoms with van der Waals surface area (Å²) in [6.07, 6.45) is 4.32. The van der Waals surface area contributed by atoms with Gasteiger partial charge in [0.1, 0.15) is 17.1 Å². The highest BCUT2D eigenvalue weighted by molar-refractivity contribution is 7.98. The van der Waals surface area contributed by atoms with Gasteiger partial charge in [-0.25, -0.2) is 14.8 Å². The Bertz CT molecular complexity index is 480. The van der Waals surface area contributed by atoms with E-state index in [1.165, 1.54) is 11.8 Å². The average molecular weight is 297 g/mol. The van der Waals surface area contributed by atoms with Crippen molar-refractivity contribution >= 4 is 29.8 Å². The van der Waals surface area contributed by atoms with Gasteiger partial charge in [0.2, 0.25) is 0 Å². The molecule has 0 saturated carbocycles. The Morgan fingerprint density at radius 2 is 2.15 bits per heavy atom. The van der Waals surface area contributed by atoms with Gasteiger partial charge in [-0.15, -0.1) is 0 Å². The number of rotatable bonds is 8. The monoisotopic (exact) mass is 297 g/mol.